The molecule has 0 saturated carbocycles. The fourth-order valence-corrected chi connectivity index (χ4v) is 2.85. The highest BCUT2D eigenvalue weighted by Crippen LogP contribution is 2.23. The molecule has 0 radical (unpaired) electrons. The van der Waals surface area contributed by atoms with Crippen LogP contribution >= 0.6 is 0 Å². The molecule has 3 rings (SSSR count). The van der Waals surface area contributed by atoms with Gasteiger partial charge in [0.15, 0.2) is 6.10 Å². The molecule has 0 bridgehead atoms. The first kappa shape index (κ1) is 19.4. The van der Waals surface area contributed by atoms with Crippen LogP contribution in [0.3, 0.4) is 0 Å². The van der Waals surface area contributed by atoms with E-state index in [0.717, 1.165) is 10.8 Å². The van der Waals surface area contributed by atoms with Gasteiger partial charge in [0.05, 0.1) is 12.2 Å². The summed E-state index contributed by atoms with van der Waals surface area (Å²) in [5.74, 6) is -1.02. The third-order valence-electron chi connectivity index (χ3n) is 4.27. The number of hydrogen-bond donors (Lipinski definition) is 3. The zero-order valence-electron chi connectivity index (χ0n) is 15.5. The fraction of sp³-hybridized carbons (Fsp3) is 0.182. The highest BCUT2D eigenvalue weighted by Gasteiger charge is 2.21. The van der Waals surface area contributed by atoms with E-state index in [-0.39, 0.29) is 6.61 Å². The lowest BCUT2D eigenvalue weighted by Crippen LogP contribution is -2.30. The predicted octanol–water partition coefficient (Wildman–Crippen LogP) is 3.43. The summed E-state index contributed by atoms with van der Waals surface area (Å²) in [4.78, 5) is 25.0. The minimum atomic E-state index is -0.975. The number of aliphatic hydroxyl groups excluding tert-OH is 1. The number of fused-ring (bicyclic) bond motifs is 1. The molecule has 0 unspecified atom stereocenters. The lowest BCUT2D eigenvalue weighted by Gasteiger charge is -2.16. The SMILES string of the molecule is C[C@@H](OC(=O)c1ccccc1NCCO)C(=O)Nc1cccc2ccccc12. The second-order valence-corrected chi connectivity index (χ2v) is 6.26. The van der Waals surface area contributed by atoms with E-state index in [1.165, 1.54) is 6.92 Å². The highest BCUT2D eigenvalue weighted by molar-refractivity contribution is 6.04. The monoisotopic (exact) mass is 378 g/mol. The van der Waals surface area contributed by atoms with E-state index in [9.17, 15) is 9.59 Å². The van der Waals surface area contributed by atoms with Gasteiger partial charge in [-0.1, -0.05) is 48.5 Å². The molecule has 0 heterocycles. The summed E-state index contributed by atoms with van der Waals surface area (Å²) in [6.07, 6.45) is -0.975. The van der Waals surface area contributed by atoms with Crippen molar-refractivity contribution in [1.29, 1.82) is 0 Å². The van der Waals surface area contributed by atoms with Crippen LogP contribution in [0.4, 0.5) is 11.4 Å². The van der Waals surface area contributed by atoms with E-state index in [4.69, 9.17) is 9.84 Å². The van der Waals surface area contributed by atoms with Crippen LogP contribution in [0, 0.1) is 0 Å². The number of anilines is 2. The van der Waals surface area contributed by atoms with Gasteiger partial charge in [-0.3, -0.25) is 4.79 Å². The molecule has 144 valence electrons. The maximum absolute atomic E-state index is 12.5. The number of carbonyl (C=O) groups is 2. The Kier molecular flexibility index (Phi) is 6.24. The van der Waals surface area contributed by atoms with Gasteiger partial charge < -0.3 is 20.5 Å². The van der Waals surface area contributed by atoms with Crippen LogP contribution in [0.25, 0.3) is 10.8 Å². The molecule has 0 spiro atoms. The van der Waals surface area contributed by atoms with Gasteiger partial charge in [0.25, 0.3) is 5.91 Å². The lowest BCUT2D eigenvalue weighted by atomic mass is 10.1. The Labute approximate surface area is 163 Å². The Morgan fingerprint density at radius 1 is 0.964 bits per heavy atom. The van der Waals surface area contributed by atoms with Crippen molar-refractivity contribution in [2.75, 3.05) is 23.8 Å². The number of benzene rings is 3. The largest absolute Gasteiger partial charge is 0.449 e. The Morgan fingerprint density at radius 2 is 1.64 bits per heavy atom. The Bertz CT molecular complexity index is 982. The van der Waals surface area contributed by atoms with Crippen molar-refractivity contribution in [3.63, 3.8) is 0 Å². The molecule has 0 aromatic heterocycles. The molecular weight excluding hydrogens is 356 g/mol. The minimum absolute atomic E-state index is 0.0623. The first-order valence-electron chi connectivity index (χ1n) is 9.03. The Morgan fingerprint density at radius 3 is 2.46 bits per heavy atom. The third kappa shape index (κ3) is 4.47. The first-order chi connectivity index (χ1) is 13.6. The van der Waals surface area contributed by atoms with Crippen molar-refractivity contribution in [2.45, 2.75) is 13.0 Å². The van der Waals surface area contributed by atoms with Crippen LogP contribution in [0.5, 0.6) is 0 Å². The van der Waals surface area contributed by atoms with Crippen LogP contribution in [0.1, 0.15) is 17.3 Å². The van der Waals surface area contributed by atoms with Gasteiger partial charge in [0.2, 0.25) is 0 Å². The third-order valence-corrected chi connectivity index (χ3v) is 4.27. The number of rotatable bonds is 7. The molecule has 28 heavy (non-hydrogen) atoms. The quantitative estimate of drug-likeness (QED) is 0.548. The van der Waals surface area contributed by atoms with E-state index in [1.807, 2.05) is 42.5 Å². The van der Waals surface area contributed by atoms with Gasteiger partial charge in [-0.05, 0) is 30.5 Å². The summed E-state index contributed by atoms with van der Waals surface area (Å²) in [6, 6.07) is 20.2. The van der Waals surface area contributed by atoms with E-state index < -0.39 is 18.0 Å². The van der Waals surface area contributed by atoms with Crippen molar-refractivity contribution < 1.29 is 19.4 Å². The average molecular weight is 378 g/mol. The number of ether oxygens (including phenoxy) is 1. The standard InChI is InChI=1S/C22H22N2O4/c1-15(28-22(27)18-10-4-5-11-19(18)23-13-14-25)21(26)24-20-12-6-8-16-7-2-3-9-17(16)20/h2-12,15,23,25H,13-14H2,1H3,(H,24,26)/t15-/m1/s1. The summed E-state index contributed by atoms with van der Waals surface area (Å²) in [7, 11) is 0. The average Bonchev–Trinajstić information content (AvgIpc) is 2.72. The van der Waals surface area contributed by atoms with Crippen LogP contribution < -0.4 is 10.6 Å². The summed E-state index contributed by atoms with van der Waals surface area (Å²) in [5.41, 5.74) is 1.51. The smallest absolute Gasteiger partial charge is 0.341 e. The van der Waals surface area contributed by atoms with Gasteiger partial charge in [-0.2, -0.15) is 0 Å². The molecule has 3 aromatic carbocycles. The second kappa shape index (κ2) is 9.01. The minimum Gasteiger partial charge on any atom is -0.449 e. The maximum Gasteiger partial charge on any atom is 0.341 e. The molecule has 6 nitrogen and oxygen atoms in total. The number of aliphatic hydroxyl groups is 1. The molecule has 1 amide bonds. The van der Waals surface area contributed by atoms with E-state index >= 15 is 0 Å². The van der Waals surface area contributed by atoms with Gasteiger partial charge in [0, 0.05) is 23.3 Å². The van der Waals surface area contributed by atoms with Crippen molar-refractivity contribution in [3.05, 3.63) is 72.3 Å². The van der Waals surface area contributed by atoms with Gasteiger partial charge in [-0.15, -0.1) is 0 Å². The number of esters is 1. The molecule has 0 fully saturated rings. The van der Waals surface area contributed by atoms with Gasteiger partial charge in [-0.25, -0.2) is 4.79 Å². The second-order valence-electron chi connectivity index (χ2n) is 6.26. The zero-order chi connectivity index (χ0) is 19.9. The van der Waals surface area contributed by atoms with Crippen LogP contribution in [-0.2, 0) is 9.53 Å². The van der Waals surface area contributed by atoms with Crippen molar-refractivity contribution in [2.24, 2.45) is 0 Å². The van der Waals surface area contributed by atoms with E-state index in [2.05, 4.69) is 10.6 Å². The summed E-state index contributed by atoms with van der Waals surface area (Å²) in [6.45, 7) is 1.77. The number of carbonyl (C=O) groups excluding carboxylic acids is 2. The molecule has 0 saturated heterocycles. The molecular formula is C22H22N2O4. The van der Waals surface area contributed by atoms with Crippen LogP contribution in [0.15, 0.2) is 66.7 Å². The van der Waals surface area contributed by atoms with Crippen molar-refractivity contribution >= 4 is 34.0 Å². The number of para-hydroxylation sites is 1. The van der Waals surface area contributed by atoms with Gasteiger partial charge in [0.1, 0.15) is 0 Å². The zero-order valence-corrected chi connectivity index (χ0v) is 15.5. The Balaban J connectivity index is 1.70. The van der Waals surface area contributed by atoms with Crippen LogP contribution in [-0.4, -0.2) is 36.2 Å². The highest BCUT2D eigenvalue weighted by atomic mass is 16.5. The van der Waals surface area contributed by atoms with Crippen molar-refractivity contribution in [3.8, 4) is 0 Å². The molecule has 3 aromatic rings. The number of nitrogens with one attached hydrogen (secondary N) is 2. The summed E-state index contributed by atoms with van der Waals surface area (Å²) < 4.78 is 5.35. The molecule has 0 aliphatic carbocycles. The van der Waals surface area contributed by atoms with Gasteiger partial charge >= 0.3 is 5.97 Å². The maximum atomic E-state index is 12.5. The summed E-state index contributed by atoms with van der Waals surface area (Å²) in [5, 5.41) is 16.7. The number of hydrogen-bond acceptors (Lipinski definition) is 5. The fourth-order valence-electron chi connectivity index (χ4n) is 2.85. The molecule has 3 N–H and O–H groups in total. The van der Waals surface area contributed by atoms with E-state index in [1.54, 1.807) is 24.3 Å². The van der Waals surface area contributed by atoms with Crippen LogP contribution in [0.2, 0.25) is 0 Å². The van der Waals surface area contributed by atoms with E-state index in [0.29, 0.717) is 23.5 Å². The van der Waals surface area contributed by atoms with Crippen molar-refractivity contribution in [1.82, 2.24) is 0 Å². The normalized spacial score (nSPS) is 11.6. The summed E-state index contributed by atoms with van der Waals surface area (Å²) >= 11 is 0. The number of amides is 1. The molecule has 6 heteroatoms. The molecule has 1 atom stereocenters. The predicted molar refractivity (Wildman–Crippen MR) is 109 cm³/mol. The first-order valence-corrected chi connectivity index (χ1v) is 9.03. The topological polar surface area (TPSA) is 87.7 Å². The molecule has 0 aliphatic heterocycles. The Hall–Kier alpha value is -3.38. The lowest BCUT2D eigenvalue weighted by molar-refractivity contribution is -0.123. The molecule has 0 aliphatic rings.